The largest absolute Gasteiger partial charge is 0.176 e. The average molecular weight is 287 g/mol. The van der Waals surface area contributed by atoms with Gasteiger partial charge in [0.15, 0.2) is 0 Å². The Balaban J connectivity index is 3.09. The van der Waals surface area contributed by atoms with Crippen molar-refractivity contribution in [2.75, 3.05) is 0 Å². The molecule has 0 saturated carbocycles. The third-order valence-corrected chi connectivity index (χ3v) is 4.55. The summed E-state index contributed by atoms with van der Waals surface area (Å²) in [4.78, 5) is 0. The highest BCUT2D eigenvalue weighted by atomic mass is 32.1. The molecule has 1 heteroatoms. The van der Waals surface area contributed by atoms with Gasteiger partial charge in [-0.2, -0.15) is 12.6 Å². The number of thiol groups is 1. The molecule has 1 unspecified atom stereocenters. The Kier molecular flexibility index (Phi) is 16.7. The number of unbranched alkanes of at least 4 members (excludes halogenated alkanes) is 11. The van der Waals surface area contributed by atoms with Gasteiger partial charge < -0.3 is 0 Å². The molecule has 0 radical (unpaired) electrons. The van der Waals surface area contributed by atoms with E-state index in [1.165, 1.54) is 96.3 Å². The maximum atomic E-state index is 4.73. The van der Waals surface area contributed by atoms with Crippen LogP contribution in [0.25, 0.3) is 0 Å². The molecule has 0 spiro atoms. The molecule has 0 aliphatic carbocycles. The van der Waals surface area contributed by atoms with Crippen LogP contribution in [0, 0.1) is 0 Å². The topological polar surface area (TPSA) is 0 Å². The van der Waals surface area contributed by atoms with Gasteiger partial charge in [-0.3, -0.25) is 0 Å². The smallest absolute Gasteiger partial charge is 0.00168 e. The van der Waals surface area contributed by atoms with Gasteiger partial charge in [0.1, 0.15) is 0 Å². The molecular formula is C18H38S. The van der Waals surface area contributed by atoms with Gasteiger partial charge in [0.2, 0.25) is 0 Å². The van der Waals surface area contributed by atoms with E-state index in [1.807, 2.05) is 0 Å². The van der Waals surface area contributed by atoms with Crippen molar-refractivity contribution in [2.45, 2.75) is 115 Å². The second kappa shape index (κ2) is 16.4. The van der Waals surface area contributed by atoms with Crippen molar-refractivity contribution < 1.29 is 0 Å². The van der Waals surface area contributed by atoms with Gasteiger partial charge >= 0.3 is 0 Å². The molecule has 0 fully saturated rings. The van der Waals surface area contributed by atoms with Gasteiger partial charge in [-0.25, -0.2) is 0 Å². The first kappa shape index (κ1) is 19.4. The van der Waals surface area contributed by atoms with Crippen molar-refractivity contribution in [3.05, 3.63) is 0 Å². The summed E-state index contributed by atoms with van der Waals surface area (Å²) in [6.45, 7) is 4.57. The van der Waals surface area contributed by atoms with Crippen molar-refractivity contribution in [2.24, 2.45) is 0 Å². The summed E-state index contributed by atoms with van der Waals surface area (Å²) in [5.74, 6) is 0. The second-order valence-electron chi connectivity index (χ2n) is 6.12. The maximum Gasteiger partial charge on any atom is 0.00168 e. The van der Waals surface area contributed by atoms with E-state index in [2.05, 4.69) is 13.8 Å². The Hall–Kier alpha value is 0.350. The molecule has 0 heterocycles. The van der Waals surface area contributed by atoms with E-state index in [0.29, 0.717) is 5.25 Å². The Morgan fingerprint density at radius 1 is 0.526 bits per heavy atom. The molecule has 0 saturated heterocycles. The normalized spacial score (nSPS) is 12.8. The zero-order valence-corrected chi connectivity index (χ0v) is 14.5. The van der Waals surface area contributed by atoms with Crippen LogP contribution in [0.1, 0.15) is 110 Å². The summed E-state index contributed by atoms with van der Waals surface area (Å²) in [5, 5.41) is 0.668. The van der Waals surface area contributed by atoms with E-state index in [4.69, 9.17) is 12.6 Å². The summed E-state index contributed by atoms with van der Waals surface area (Å²) in [6.07, 6.45) is 21.1. The molecule has 0 rings (SSSR count). The first-order valence-electron chi connectivity index (χ1n) is 8.99. The summed E-state index contributed by atoms with van der Waals surface area (Å²) in [5.41, 5.74) is 0. The molecule has 0 N–H and O–H groups in total. The quantitative estimate of drug-likeness (QED) is 0.239. The molecule has 1 atom stereocenters. The lowest BCUT2D eigenvalue weighted by atomic mass is 10.0. The van der Waals surface area contributed by atoms with Gasteiger partial charge in [-0.15, -0.1) is 0 Å². The van der Waals surface area contributed by atoms with Crippen LogP contribution in [0.5, 0.6) is 0 Å². The molecule has 19 heavy (non-hydrogen) atoms. The SMILES string of the molecule is CCCCCCCCCCC(S)CCCCCCC. The number of rotatable bonds is 15. The second-order valence-corrected chi connectivity index (χ2v) is 6.85. The van der Waals surface area contributed by atoms with Gasteiger partial charge in [0.05, 0.1) is 0 Å². The minimum absolute atomic E-state index is 0.668. The highest BCUT2D eigenvalue weighted by Crippen LogP contribution is 2.17. The highest BCUT2D eigenvalue weighted by molar-refractivity contribution is 7.80. The fourth-order valence-electron chi connectivity index (χ4n) is 2.64. The zero-order chi connectivity index (χ0) is 14.2. The molecule has 0 aliphatic rings. The molecular weight excluding hydrogens is 248 g/mol. The molecule has 0 nitrogen and oxygen atoms in total. The lowest BCUT2D eigenvalue weighted by Crippen LogP contribution is -1.98. The average Bonchev–Trinajstić information content (AvgIpc) is 2.41. The minimum atomic E-state index is 0.668. The molecule has 0 aromatic rings. The minimum Gasteiger partial charge on any atom is -0.176 e. The van der Waals surface area contributed by atoms with Crippen molar-refractivity contribution >= 4 is 12.6 Å². The Labute approximate surface area is 128 Å². The van der Waals surface area contributed by atoms with Crippen molar-refractivity contribution in [3.8, 4) is 0 Å². The van der Waals surface area contributed by atoms with E-state index in [0.717, 1.165) is 0 Å². The summed E-state index contributed by atoms with van der Waals surface area (Å²) < 4.78 is 0. The van der Waals surface area contributed by atoms with Crippen LogP contribution in [0.15, 0.2) is 0 Å². The fourth-order valence-corrected chi connectivity index (χ4v) is 3.01. The van der Waals surface area contributed by atoms with E-state index < -0.39 is 0 Å². The monoisotopic (exact) mass is 286 g/mol. The van der Waals surface area contributed by atoms with Gasteiger partial charge in [0.25, 0.3) is 0 Å². The third-order valence-electron chi connectivity index (χ3n) is 4.03. The molecule has 0 aromatic carbocycles. The first-order chi connectivity index (χ1) is 9.31. The van der Waals surface area contributed by atoms with E-state index >= 15 is 0 Å². The van der Waals surface area contributed by atoms with Crippen molar-refractivity contribution in [1.82, 2.24) is 0 Å². The van der Waals surface area contributed by atoms with Gasteiger partial charge in [-0.05, 0) is 12.8 Å². The van der Waals surface area contributed by atoms with Crippen LogP contribution in [0.2, 0.25) is 0 Å². The Bertz CT molecular complexity index is 156. The van der Waals surface area contributed by atoms with E-state index in [9.17, 15) is 0 Å². The maximum absolute atomic E-state index is 4.73. The fraction of sp³-hybridized carbons (Fsp3) is 1.00. The van der Waals surface area contributed by atoms with Crippen molar-refractivity contribution in [1.29, 1.82) is 0 Å². The lowest BCUT2D eigenvalue weighted by Gasteiger charge is -2.10. The summed E-state index contributed by atoms with van der Waals surface area (Å²) >= 11 is 4.73. The molecule has 0 aliphatic heterocycles. The van der Waals surface area contributed by atoms with Crippen LogP contribution in [-0.2, 0) is 0 Å². The van der Waals surface area contributed by atoms with Gasteiger partial charge in [0, 0.05) is 5.25 Å². The van der Waals surface area contributed by atoms with E-state index in [-0.39, 0.29) is 0 Å². The van der Waals surface area contributed by atoms with Crippen LogP contribution in [0.4, 0.5) is 0 Å². The molecule has 116 valence electrons. The van der Waals surface area contributed by atoms with Gasteiger partial charge in [-0.1, -0.05) is 97.3 Å². The Morgan fingerprint density at radius 2 is 0.842 bits per heavy atom. The predicted octanol–water partition coefficient (Wildman–Crippen LogP) is 7.18. The highest BCUT2D eigenvalue weighted by Gasteiger charge is 2.02. The molecule has 0 bridgehead atoms. The molecule has 0 aromatic heterocycles. The zero-order valence-electron chi connectivity index (χ0n) is 13.6. The summed E-state index contributed by atoms with van der Waals surface area (Å²) in [6, 6.07) is 0. The standard InChI is InChI=1S/C18H38S/c1-3-5-7-9-10-11-13-15-17-18(19)16-14-12-8-6-4-2/h18-19H,3-17H2,1-2H3. The first-order valence-corrected chi connectivity index (χ1v) is 9.51. The third kappa shape index (κ3) is 16.3. The van der Waals surface area contributed by atoms with Crippen LogP contribution < -0.4 is 0 Å². The Morgan fingerprint density at radius 3 is 1.21 bits per heavy atom. The summed E-state index contributed by atoms with van der Waals surface area (Å²) in [7, 11) is 0. The van der Waals surface area contributed by atoms with Crippen LogP contribution in [-0.4, -0.2) is 5.25 Å². The number of hydrogen-bond donors (Lipinski definition) is 1. The predicted molar refractivity (Wildman–Crippen MR) is 93.4 cm³/mol. The number of hydrogen-bond acceptors (Lipinski definition) is 1. The van der Waals surface area contributed by atoms with Crippen molar-refractivity contribution in [3.63, 3.8) is 0 Å². The molecule has 0 amide bonds. The lowest BCUT2D eigenvalue weighted by molar-refractivity contribution is 0.539. The van der Waals surface area contributed by atoms with E-state index in [1.54, 1.807) is 0 Å². The van der Waals surface area contributed by atoms with Crippen LogP contribution in [0.3, 0.4) is 0 Å². The van der Waals surface area contributed by atoms with Crippen LogP contribution >= 0.6 is 12.6 Å².